The van der Waals surface area contributed by atoms with E-state index in [1.54, 1.807) is 0 Å². The van der Waals surface area contributed by atoms with Crippen molar-refractivity contribution in [3.63, 3.8) is 0 Å². The molecule has 1 amide bonds. The Bertz CT molecular complexity index is 263. The summed E-state index contributed by atoms with van der Waals surface area (Å²) in [6.45, 7) is 3.97. The Morgan fingerprint density at radius 2 is 1.67 bits per heavy atom. The van der Waals surface area contributed by atoms with Gasteiger partial charge in [0.05, 0.1) is 12.6 Å². The molecule has 0 unspecified atom stereocenters. The smallest absolute Gasteiger partial charge is 0.236 e. The van der Waals surface area contributed by atoms with Crippen molar-refractivity contribution in [2.24, 2.45) is 0 Å². The molecule has 18 heavy (non-hydrogen) atoms. The highest BCUT2D eigenvalue weighted by Crippen LogP contribution is 2.13. The van der Waals surface area contributed by atoms with Gasteiger partial charge in [-0.3, -0.25) is 9.69 Å². The van der Waals surface area contributed by atoms with Crippen LogP contribution in [-0.2, 0) is 4.79 Å². The predicted octanol–water partition coefficient (Wildman–Crippen LogP) is 1.24. The first-order chi connectivity index (χ1) is 8.75. The molecule has 2 heterocycles. The van der Waals surface area contributed by atoms with Crippen LogP contribution in [0.25, 0.3) is 0 Å². The van der Waals surface area contributed by atoms with Gasteiger partial charge in [0.15, 0.2) is 0 Å². The van der Waals surface area contributed by atoms with Crippen LogP contribution < -0.4 is 0 Å². The maximum absolute atomic E-state index is 12.2. The molecule has 2 aliphatic heterocycles. The summed E-state index contributed by atoms with van der Waals surface area (Å²) in [5, 5.41) is 9.62. The lowest BCUT2D eigenvalue weighted by atomic mass is 10.1. The van der Waals surface area contributed by atoms with Crippen LogP contribution in [0.3, 0.4) is 0 Å². The molecule has 0 radical (unpaired) electrons. The molecule has 0 bridgehead atoms. The average molecular weight is 254 g/mol. The third-order valence-electron chi connectivity index (χ3n) is 4.05. The van der Waals surface area contributed by atoms with Gasteiger partial charge in [-0.2, -0.15) is 0 Å². The molecule has 104 valence electrons. The van der Waals surface area contributed by atoms with Gasteiger partial charge in [0, 0.05) is 19.6 Å². The highest BCUT2D eigenvalue weighted by Gasteiger charge is 2.22. The van der Waals surface area contributed by atoms with Crippen molar-refractivity contribution in [1.29, 1.82) is 0 Å². The summed E-state index contributed by atoms with van der Waals surface area (Å²) in [4.78, 5) is 16.4. The summed E-state index contributed by atoms with van der Waals surface area (Å²) in [6, 6.07) is 0. The number of piperidine rings is 1. The maximum Gasteiger partial charge on any atom is 0.236 e. The summed E-state index contributed by atoms with van der Waals surface area (Å²) in [5.74, 6) is 0.256. The summed E-state index contributed by atoms with van der Waals surface area (Å²) in [5.41, 5.74) is 0. The van der Waals surface area contributed by atoms with Crippen LogP contribution >= 0.6 is 0 Å². The van der Waals surface area contributed by atoms with E-state index in [9.17, 15) is 9.90 Å². The van der Waals surface area contributed by atoms with Crippen LogP contribution in [0.15, 0.2) is 0 Å². The summed E-state index contributed by atoms with van der Waals surface area (Å²) in [7, 11) is 0. The first-order valence-corrected chi connectivity index (χ1v) is 7.44. The van der Waals surface area contributed by atoms with Gasteiger partial charge >= 0.3 is 0 Å². The molecule has 0 aromatic carbocycles. The van der Waals surface area contributed by atoms with E-state index >= 15 is 0 Å². The number of likely N-dealkylation sites (tertiary alicyclic amines) is 2. The SMILES string of the molecule is O=C(CN1CCC[C@H](O)C1)N1CCCCCCC1. The van der Waals surface area contributed by atoms with Gasteiger partial charge in [-0.25, -0.2) is 0 Å². The van der Waals surface area contributed by atoms with Crippen molar-refractivity contribution >= 4 is 5.91 Å². The molecular weight excluding hydrogens is 228 g/mol. The van der Waals surface area contributed by atoms with Crippen LogP contribution in [0, 0.1) is 0 Å². The second kappa shape index (κ2) is 7.10. The quantitative estimate of drug-likeness (QED) is 0.806. The molecule has 4 nitrogen and oxygen atoms in total. The molecule has 2 fully saturated rings. The lowest BCUT2D eigenvalue weighted by Crippen LogP contribution is -2.46. The third kappa shape index (κ3) is 4.25. The number of aliphatic hydroxyl groups excluding tert-OH is 1. The van der Waals surface area contributed by atoms with E-state index in [1.165, 1.54) is 19.3 Å². The fourth-order valence-electron chi connectivity index (χ4n) is 2.96. The van der Waals surface area contributed by atoms with Gasteiger partial charge in [-0.1, -0.05) is 19.3 Å². The van der Waals surface area contributed by atoms with Gasteiger partial charge in [0.2, 0.25) is 5.91 Å². The van der Waals surface area contributed by atoms with E-state index in [0.717, 1.165) is 45.3 Å². The molecule has 2 rings (SSSR count). The van der Waals surface area contributed by atoms with Crippen LogP contribution in [0.2, 0.25) is 0 Å². The number of carbonyl (C=O) groups excluding carboxylic acids is 1. The zero-order chi connectivity index (χ0) is 12.8. The topological polar surface area (TPSA) is 43.8 Å². The van der Waals surface area contributed by atoms with Crippen LogP contribution in [0.5, 0.6) is 0 Å². The van der Waals surface area contributed by atoms with Gasteiger partial charge in [0.1, 0.15) is 0 Å². The van der Waals surface area contributed by atoms with Gasteiger partial charge in [-0.15, -0.1) is 0 Å². The van der Waals surface area contributed by atoms with E-state index in [0.29, 0.717) is 13.1 Å². The number of hydrogen-bond donors (Lipinski definition) is 1. The number of hydrogen-bond acceptors (Lipinski definition) is 3. The van der Waals surface area contributed by atoms with Crippen molar-refractivity contribution in [2.45, 2.75) is 51.0 Å². The second-order valence-electron chi connectivity index (χ2n) is 5.68. The first-order valence-electron chi connectivity index (χ1n) is 7.44. The van der Waals surface area contributed by atoms with E-state index in [4.69, 9.17) is 0 Å². The molecule has 0 aliphatic carbocycles. The number of β-amino-alcohol motifs (C(OH)–C–C–N with tert-alkyl or cyclic N) is 1. The molecule has 0 saturated carbocycles. The second-order valence-corrected chi connectivity index (χ2v) is 5.68. The molecule has 1 N–H and O–H groups in total. The van der Waals surface area contributed by atoms with E-state index < -0.39 is 0 Å². The fraction of sp³-hybridized carbons (Fsp3) is 0.929. The molecular formula is C14H26N2O2. The highest BCUT2D eigenvalue weighted by atomic mass is 16.3. The van der Waals surface area contributed by atoms with Gasteiger partial charge < -0.3 is 10.0 Å². The average Bonchev–Trinajstić information content (AvgIpc) is 2.28. The van der Waals surface area contributed by atoms with Crippen LogP contribution in [0.1, 0.15) is 44.9 Å². The van der Waals surface area contributed by atoms with Crippen molar-refractivity contribution in [2.75, 3.05) is 32.7 Å². The molecule has 2 saturated heterocycles. The largest absolute Gasteiger partial charge is 0.392 e. The Morgan fingerprint density at radius 3 is 2.33 bits per heavy atom. The Balaban J connectivity index is 1.78. The van der Waals surface area contributed by atoms with Crippen LogP contribution in [-0.4, -0.2) is 59.6 Å². The number of carbonyl (C=O) groups is 1. The molecule has 4 heteroatoms. The summed E-state index contributed by atoms with van der Waals surface area (Å²) >= 11 is 0. The molecule has 0 aromatic heterocycles. The standard InChI is InChI=1S/C14H26N2O2/c17-13-7-6-8-15(11-13)12-14(18)16-9-4-2-1-3-5-10-16/h13,17H,1-12H2/t13-/m0/s1. The molecule has 1 atom stereocenters. The zero-order valence-corrected chi connectivity index (χ0v) is 11.3. The first kappa shape index (κ1) is 13.8. The Kier molecular flexibility index (Phi) is 5.45. The fourth-order valence-corrected chi connectivity index (χ4v) is 2.96. The maximum atomic E-state index is 12.2. The number of nitrogens with zero attached hydrogens (tertiary/aromatic N) is 2. The summed E-state index contributed by atoms with van der Waals surface area (Å²) in [6.07, 6.45) is 7.78. The zero-order valence-electron chi connectivity index (χ0n) is 11.3. The minimum Gasteiger partial charge on any atom is -0.392 e. The van der Waals surface area contributed by atoms with Gasteiger partial charge in [-0.05, 0) is 32.2 Å². The van der Waals surface area contributed by atoms with Crippen molar-refractivity contribution < 1.29 is 9.90 Å². The van der Waals surface area contributed by atoms with Gasteiger partial charge in [0.25, 0.3) is 0 Å². The predicted molar refractivity (Wildman–Crippen MR) is 71.3 cm³/mol. The number of aliphatic hydroxyl groups is 1. The minimum absolute atomic E-state index is 0.237. The number of amides is 1. The van der Waals surface area contributed by atoms with E-state index in [-0.39, 0.29) is 12.0 Å². The van der Waals surface area contributed by atoms with Crippen molar-refractivity contribution in [3.8, 4) is 0 Å². The van der Waals surface area contributed by atoms with Crippen LogP contribution in [0.4, 0.5) is 0 Å². The molecule has 0 aromatic rings. The Hall–Kier alpha value is -0.610. The Labute approximate surface area is 110 Å². The Morgan fingerprint density at radius 1 is 1.00 bits per heavy atom. The van der Waals surface area contributed by atoms with E-state index in [2.05, 4.69) is 4.90 Å². The minimum atomic E-state index is -0.237. The molecule has 0 spiro atoms. The molecule has 2 aliphatic rings. The monoisotopic (exact) mass is 254 g/mol. The normalized spacial score (nSPS) is 27.6. The van der Waals surface area contributed by atoms with Crippen molar-refractivity contribution in [3.05, 3.63) is 0 Å². The van der Waals surface area contributed by atoms with Crippen molar-refractivity contribution in [1.82, 2.24) is 9.80 Å². The number of rotatable bonds is 2. The van der Waals surface area contributed by atoms with E-state index in [1.807, 2.05) is 4.90 Å². The highest BCUT2D eigenvalue weighted by molar-refractivity contribution is 5.78. The lowest BCUT2D eigenvalue weighted by Gasteiger charge is -2.32. The lowest BCUT2D eigenvalue weighted by molar-refractivity contribution is -0.133. The third-order valence-corrected chi connectivity index (χ3v) is 4.05. The summed E-state index contributed by atoms with van der Waals surface area (Å²) < 4.78 is 0.